The first kappa shape index (κ1) is 18.4. The molecule has 0 amide bonds. The van der Waals surface area contributed by atoms with Crippen molar-refractivity contribution in [3.05, 3.63) is 47.5 Å². The van der Waals surface area contributed by atoms with E-state index >= 15 is 0 Å². The molecule has 3 aromatic rings. The van der Waals surface area contributed by atoms with Crippen LogP contribution in [-0.2, 0) is 10.0 Å². The molecular weight excluding hydrogens is 378 g/mol. The maximum atomic E-state index is 12.4. The fraction of sp³-hybridized carbons (Fsp3) is 0.176. The third-order valence-corrected chi connectivity index (χ3v) is 6.00. The van der Waals surface area contributed by atoms with E-state index in [9.17, 15) is 8.42 Å². The molecular formula is C17H16ClN3O4S. The predicted molar refractivity (Wildman–Crippen MR) is 97.6 cm³/mol. The van der Waals surface area contributed by atoms with Crippen LogP contribution in [0.5, 0.6) is 5.75 Å². The Kier molecular flexibility index (Phi) is 4.99. The summed E-state index contributed by atoms with van der Waals surface area (Å²) >= 11 is 6.06. The molecule has 3 rings (SSSR count). The van der Waals surface area contributed by atoms with E-state index in [1.165, 1.54) is 26.2 Å². The molecule has 0 saturated carbocycles. The van der Waals surface area contributed by atoms with Gasteiger partial charge in [0.05, 0.1) is 12.1 Å². The van der Waals surface area contributed by atoms with Gasteiger partial charge in [-0.25, -0.2) is 12.7 Å². The summed E-state index contributed by atoms with van der Waals surface area (Å²) in [7, 11) is 0.764. The minimum absolute atomic E-state index is 0.0223. The summed E-state index contributed by atoms with van der Waals surface area (Å²) in [5.74, 6) is 1.22. The maximum absolute atomic E-state index is 12.4. The lowest BCUT2D eigenvalue weighted by Crippen LogP contribution is -2.22. The SMILES string of the molecule is COc1ccc(-c2nnc(-c3ccc(Cl)c(S(=O)(=O)N(C)C)c3)o2)cc1. The number of hydrogen-bond donors (Lipinski definition) is 0. The summed E-state index contributed by atoms with van der Waals surface area (Å²) in [6, 6.07) is 11.7. The second-order valence-corrected chi connectivity index (χ2v) is 8.10. The molecule has 9 heteroatoms. The Morgan fingerprint density at radius 1 is 1.00 bits per heavy atom. The molecule has 0 bridgehead atoms. The van der Waals surface area contributed by atoms with E-state index in [0.717, 1.165) is 9.87 Å². The molecule has 0 radical (unpaired) electrons. The number of hydrogen-bond acceptors (Lipinski definition) is 6. The summed E-state index contributed by atoms with van der Waals surface area (Å²) in [5.41, 5.74) is 1.18. The number of rotatable bonds is 5. The lowest BCUT2D eigenvalue weighted by molar-refractivity contribution is 0.415. The van der Waals surface area contributed by atoms with E-state index < -0.39 is 10.0 Å². The summed E-state index contributed by atoms with van der Waals surface area (Å²) in [6.45, 7) is 0. The zero-order valence-electron chi connectivity index (χ0n) is 14.3. The Morgan fingerprint density at radius 2 is 1.58 bits per heavy atom. The number of sulfonamides is 1. The predicted octanol–water partition coefficient (Wildman–Crippen LogP) is 3.32. The van der Waals surface area contributed by atoms with Crippen molar-refractivity contribution in [2.24, 2.45) is 0 Å². The Hall–Kier alpha value is -2.42. The fourth-order valence-corrected chi connectivity index (χ4v) is 3.61. The number of halogens is 1. The highest BCUT2D eigenvalue weighted by molar-refractivity contribution is 7.89. The molecule has 2 aromatic carbocycles. The molecule has 0 N–H and O–H groups in total. The molecule has 0 saturated heterocycles. The van der Waals surface area contributed by atoms with E-state index in [1.807, 2.05) is 0 Å². The Morgan fingerprint density at radius 3 is 2.15 bits per heavy atom. The van der Waals surface area contributed by atoms with Crippen LogP contribution >= 0.6 is 11.6 Å². The van der Waals surface area contributed by atoms with Gasteiger partial charge in [-0.3, -0.25) is 0 Å². The van der Waals surface area contributed by atoms with Crippen LogP contribution in [0.3, 0.4) is 0 Å². The van der Waals surface area contributed by atoms with Crippen molar-refractivity contribution in [3.63, 3.8) is 0 Å². The summed E-state index contributed by atoms with van der Waals surface area (Å²) in [6.07, 6.45) is 0. The summed E-state index contributed by atoms with van der Waals surface area (Å²) in [4.78, 5) is -0.0223. The molecule has 7 nitrogen and oxygen atoms in total. The molecule has 0 unspecified atom stereocenters. The van der Waals surface area contributed by atoms with Crippen LogP contribution in [0.2, 0.25) is 5.02 Å². The van der Waals surface area contributed by atoms with E-state index in [4.69, 9.17) is 20.8 Å². The van der Waals surface area contributed by atoms with Crippen molar-refractivity contribution in [3.8, 4) is 28.7 Å². The number of methoxy groups -OCH3 is 1. The van der Waals surface area contributed by atoms with E-state index in [0.29, 0.717) is 17.2 Å². The van der Waals surface area contributed by atoms with Gasteiger partial charge in [-0.05, 0) is 42.5 Å². The van der Waals surface area contributed by atoms with Crippen LogP contribution in [0, 0.1) is 0 Å². The molecule has 136 valence electrons. The molecule has 0 aliphatic rings. The second-order valence-electron chi connectivity index (χ2n) is 5.57. The van der Waals surface area contributed by atoms with Gasteiger partial charge in [-0.1, -0.05) is 11.6 Å². The van der Waals surface area contributed by atoms with Crippen LogP contribution < -0.4 is 4.74 Å². The Labute approximate surface area is 156 Å². The van der Waals surface area contributed by atoms with Crippen molar-refractivity contribution in [2.45, 2.75) is 4.90 Å². The van der Waals surface area contributed by atoms with Gasteiger partial charge in [-0.2, -0.15) is 0 Å². The lowest BCUT2D eigenvalue weighted by atomic mass is 10.2. The monoisotopic (exact) mass is 393 g/mol. The van der Waals surface area contributed by atoms with Crippen LogP contribution in [0.25, 0.3) is 22.9 Å². The number of benzene rings is 2. The van der Waals surface area contributed by atoms with E-state index in [-0.39, 0.29) is 15.8 Å². The highest BCUT2D eigenvalue weighted by atomic mass is 35.5. The highest BCUT2D eigenvalue weighted by Gasteiger charge is 2.22. The van der Waals surface area contributed by atoms with Gasteiger partial charge >= 0.3 is 0 Å². The second kappa shape index (κ2) is 7.06. The molecule has 1 aromatic heterocycles. The number of ether oxygens (including phenoxy) is 1. The van der Waals surface area contributed by atoms with Crippen molar-refractivity contribution in [1.29, 1.82) is 0 Å². The van der Waals surface area contributed by atoms with Gasteiger partial charge in [0.15, 0.2) is 0 Å². The average Bonchev–Trinajstić information content (AvgIpc) is 3.12. The normalized spacial score (nSPS) is 11.7. The maximum Gasteiger partial charge on any atom is 0.248 e. The quantitative estimate of drug-likeness (QED) is 0.661. The molecule has 0 fully saturated rings. The molecule has 26 heavy (non-hydrogen) atoms. The van der Waals surface area contributed by atoms with Crippen molar-refractivity contribution >= 4 is 21.6 Å². The van der Waals surface area contributed by atoms with Gasteiger partial charge in [0.1, 0.15) is 10.6 Å². The number of aromatic nitrogens is 2. The van der Waals surface area contributed by atoms with Gasteiger partial charge < -0.3 is 9.15 Å². The molecule has 1 heterocycles. The first-order valence-corrected chi connectivity index (χ1v) is 9.35. The summed E-state index contributed by atoms with van der Waals surface area (Å²) < 4.78 is 36.7. The third kappa shape index (κ3) is 3.44. The van der Waals surface area contributed by atoms with E-state index in [2.05, 4.69) is 10.2 Å². The van der Waals surface area contributed by atoms with Gasteiger partial charge in [0.25, 0.3) is 0 Å². The average molecular weight is 394 g/mol. The van der Waals surface area contributed by atoms with Crippen molar-refractivity contribution in [2.75, 3.05) is 21.2 Å². The minimum atomic E-state index is -3.69. The standard InChI is InChI=1S/C17H16ClN3O4S/c1-21(2)26(22,23)15-10-12(6-9-14(15)18)17-20-19-16(25-17)11-4-7-13(24-3)8-5-11/h4-10H,1-3H3. The van der Waals surface area contributed by atoms with Crippen molar-refractivity contribution < 1.29 is 17.6 Å². The van der Waals surface area contributed by atoms with Gasteiger partial charge in [0.2, 0.25) is 21.8 Å². The van der Waals surface area contributed by atoms with Crippen LogP contribution in [0.4, 0.5) is 0 Å². The zero-order chi connectivity index (χ0) is 18.9. The smallest absolute Gasteiger partial charge is 0.248 e. The third-order valence-electron chi connectivity index (χ3n) is 3.70. The number of nitrogens with zero attached hydrogens (tertiary/aromatic N) is 3. The van der Waals surface area contributed by atoms with Crippen LogP contribution in [0.15, 0.2) is 51.8 Å². The van der Waals surface area contributed by atoms with Crippen LogP contribution in [-0.4, -0.2) is 44.1 Å². The molecule has 0 atom stereocenters. The highest BCUT2D eigenvalue weighted by Crippen LogP contribution is 2.30. The van der Waals surface area contributed by atoms with Gasteiger partial charge in [-0.15, -0.1) is 10.2 Å². The Bertz CT molecular complexity index is 1030. The van der Waals surface area contributed by atoms with E-state index in [1.54, 1.807) is 37.4 Å². The first-order chi connectivity index (χ1) is 12.3. The zero-order valence-corrected chi connectivity index (χ0v) is 15.9. The fourth-order valence-electron chi connectivity index (χ4n) is 2.22. The lowest BCUT2D eigenvalue weighted by Gasteiger charge is -2.13. The van der Waals surface area contributed by atoms with Crippen molar-refractivity contribution in [1.82, 2.24) is 14.5 Å². The molecule has 0 aliphatic heterocycles. The topological polar surface area (TPSA) is 85.5 Å². The largest absolute Gasteiger partial charge is 0.497 e. The molecule has 0 aliphatic carbocycles. The van der Waals surface area contributed by atoms with Gasteiger partial charge in [0, 0.05) is 25.2 Å². The minimum Gasteiger partial charge on any atom is -0.497 e. The Balaban J connectivity index is 1.99. The van der Waals surface area contributed by atoms with Crippen LogP contribution in [0.1, 0.15) is 0 Å². The summed E-state index contributed by atoms with van der Waals surface area (Å²) in [5, 5.41) is 8.14. The molecule has 0 spiro atoms. The first-order valence-electron chi connectivity index (χ1n) is 7.53.